The number of nitrogens with one attached hydrogen (secondary N) is 3. The van der Waals surface area contributed by atoms with Crippen LogP contribution in [-0.2, 0) is 19.6 Å². The van der Waals surface area contributed by atoms with Crippen LogP contribution in [0.25, 0.3) is 0 Å². The second-order valence-electron chi connectivity index (χ2n) is 9.60. The van der Waals surface area contributed by atoms with Crippen LogP contribution in [0.3, 0.4) is 0 Å². The molecule has 0 radical (unpaired) electrons. The maximum atomic E-state index is 14.1. The third-order valence-electron chi connectivity index (χ3n) is 6.18. The van der Waals surface area contributed by atoms with Crippen molar-refractivity contribution in [3.05, 3.63) is 24.0 Å². The lowest BCUT2D eigenvalue weighted by Gasteiger charge is -2.27. The largest absolute Gasteiger partial charge is 0.490 e. The third-order valence-corrected chi connectivity index (χ3v) is 7.88. The SMILES string of the molecule is CC(C)(CCCCNC1CCC(=O)NC1=O)NS(=O)(=O)c1ccc(F)c(OCC2CCC2)c1. The predicted molar refractivity (Wildman–Crippen MR) is 122 cm³/mol. The Labute approximate surface area is 195 Å². The average Bonchev–Trinajstić information content (AvgIpc) is 2.68. The molecule has 1 heterocycles. The molecule has 33 heavy (non-hydrogen) atoms. The number of halogens is 1. The molecule has 8 nitrogen and oxygen atoms in total. The van der Waals surface area contributed by atoms with Gasteiger partial charge in [0.15, 0.2) is 11.6 Å². The first-order valence-electron chi connectivity index (χ1n) is 11.6. The summed E-state index contributed by atoms with van der Waals surface area (Å²) in [4.78, 5) is 22.9. The first kappa shape index (κ1) is 25.6. The van der Waals surface area contributed by atoms with Crippen molar-refractivity contribution in [2.75, 3.05) is 13.2 Å². The number of hydrogen-bond donors (Lipinski definition) is 3. The molecule has 184 valence electrons. The molecule has 1 aliphatic carbocycles. The van der Waals surface area contributed by atoms with Gasteiger partial charge in [-0.2, -0.15) is 0 Å². The second-order valence-corrected chi connectivity index (χ2v) is 11.3. The van der Waals surface area contributed by atoms with Crippen molar-refractivity contribution < 1.29 is 27.1 Å². The standard InChI is InChI=1S/C23H34FN3O5S/c1-23(2,12-3-4-13-25-19-10-11-21(28)26-22(19)29)27-33(30,31)17-8-9-18(24)20(14-17)32-15-16-6-5-7-16/h8-9,14,16,19,25,27H,3-7,10-13,15H2,1-2H3,(H,26,28,29). The van der Waals surface area contributed by atoms with Gasteiger partial charge in [-0.05, 0) is 70.5 Å². The molecule has 2 fully saturated rings. The van der Waals surface area contributed by atoms with Crippen LogP contribution in [0.5, 0.6) is 5.75 Å². The summed E-state index contributed by atoms with van der Waals surface area (Å²) in [5.74, 6) is -0.746. The molecule has 1 saturated heterocycles. The smallest absolute Gasteiger partial charge is 0.243 e. The van der Waals surface area contributed by atoms with E-state index in [4.69, 9.17) is 4.74 Å². The molecular formula is C23H34FN3O5S. The Morgan fingerprint density at radius 3 is 2.61 bits per heavy atom. The Morgan fingerprint density at radius 2 is 1.94 bits per heavy atom. The molecule has 1 atom stereocenters. The minimum Gasteiger partial charge on any atom is -0.490 e. The van der Waals surface area contributed by atoms with E-state index in [0.29, 0.717) is 38.3 Å². The summed E-state index contributed by atoms with van der Waals surface area (Å²) in [7, 11) is -3.86. The fourth-order valence-electron chi connectivity index (χ4n) is 3.96. The Kier molecular flexibility index (Phi) is 8.47. The number of carbonyl (C=O) groups excluding carboxylic acids is 2. The van der Waals surface area contributed by atoms with Crippen LogP contribution in [-0.4, -0.2) is 45.0 Å². The molecule has 1 aromatic carbocycles. The lowest BCUT2D eigenvalue weighted by molar-refractivity contribution is -0.134. The summed E-state index contributed by atoms with van der Waals surface area (Å²) < 4.78 is 48.1. The minimum atomic E-state index is -3.86. The van der Waals surface area contributed by atoms with Gasteiger partial charge in [0.25, 0.3) is 0 Å². The highest BCUT2D eigenvalue weighted by atomic mass is 32.2. The molecule has 0 aromatic heterocycles. The van der Waals surface area contributed by atoms with Gasteiger partial charge < -0.3 is 10.1 Å². The number of benzene rings is 1. The molecule has 3 N–H and O–H groups in total. The summed E-state index contributed by atoms with van der Waals surface area (Å²) in [6.45, 7) is 4.59. The van der Waals surface area contributed by atoms with Gasteiger partial charge in [-0.3, -0.25) is 14.9 Å². The van der Waals surface area contributed by atoms with E-state index in [1.165, 1.54) is 12.1 Å². The molecule has 10 heteroatoms. The lowest BCUT2D eigenvalue weighted by atomic mass is 9.86. The maximum Gasteiger partial charge on any atom is 0.243 e. The summed E-state index contributed by atoms with van der Waals surface area (Å²) in [5.41, 5.74) is -0.713. The van der Waals surface area contributed by atoms with E-state index in [1.54, 1.807) is 13.8 Å². The van der Waals surface area contributed by atoms with E-state index in [9.17, 15) is 22.4 Å². The molecule has 0 spiro atoms. The van der Waals surface area contributed by atoms with E-state index in [1.807, 2.05) is 0 Å². The number of amides is 2. The van der Waals surface area contributed by atoms with Crippen molar-refractivity contribution in [3.63, 3.8) is 0 Å². The van der Waals surface area contributed by atoms with Crippen molar-refractivity contribution in [2.24, 2.45) is 5.92 Å². The monoisotopic (exact) mass is 483 g/mol. The van der Waals surface area contributed by atoms with Gasteiger partial charge in [-0.25, -0.2) is 17.5 Å². The quantitative estimate of drug-likeness (QED) is 0.311. The minimum absolute atomic E-state index is 0.0277. The van der Waals surface area contributed by atoms with Crippen molar-refractivity contribution in [2.45, 2.75) is 81.7 Å². The van der Waals surface area contributed by atoms with Crippen LogP contribution in [0.2, 0.25) is 0 Å². The average molecular weight is 484 g/mol. The van der Waals surface area contributed by atoms with Gasteiger partial charge in [0.05, 0.1) is 17.5 Å². The highest BCUT2D eigenvalue weighted by Gasteiger charge is 2.28. The first-order valence-corrected chi connectivity index (χ1v) is 13.1. The van der Waals surface area contributed by atoms with Crippen LogP contribution in [0.15, 0.2) is 23.1 Å². The van der Waals surface area contributed by atoms with Crippen molar-refractivity contribution in [1.82, 2.24) is 15.4 Å². The van der Waals surface area contributed by atoms with Crippen molar-refractivity contribution >= 4 is 21.8 Å². The predicted octanol–water partition coefficient (Wildman–Crippen LogP) is 2.63. The molecule has 1 unspecified atom stereocenters. The van der Waals surface area contributed by atoms with Gasteiger partial charge in [-0.15, -0.1) is 0 Å². The van der Waals surface area contributed by atoms with Crippen LogP contribution in [0.4, 0.5) is 4.39 Å². The van der Waals surface area contributed by atoms with Gasteiger partial charge in [0, 0.05) is 18.0 Å². The second kappa shape index (κ2) is 10.9. The fourth-order valence-corrected chi connectivity index (χ4v) is 5.42. The zero-order chi connectivity index (χ0) is 24.1. The zero-order valence-corrected chi connectivity index (χ0v) is 20.1. The highest BCUT2D eigenvalue weighted by Crippen LogP contribution is 2.29. The summed E-state index contributed by atoms with van der Waals surface area (Å²) in [6, 6.07) is 3.25. The van der Waals surface area contributed by atoms with E-state index in [2.05, 4.69) is 15.4 Å². The number of unbranched alkanes of at least 4 members (excludes halogenated alkanes) is 1. The van der Waals surface area contributed by atoms with Gasteiger partial charge >= 0.3 is 0 Å². The normalized spacial score (nSPS) is 19.8. The van der Waals surface area contributed by atoms with E-state index >= 15 is 0 Å². The van der Waals surface area contributed by atoms with E-state index in [0.717, 1.165) is 38.2 Å². The van der Waals surface area contributed by atoms with Crippen LogP contribution in [0, 0.1) is 11.7 Å². The summed E-state index contributed by atoms with van der Waals surface area (Å²) in [6.07, 6.45) is 6.13. The molecule has 1 aromatic rings. The topological polar surface area (TPSA) is 114 Å². The molecular weight excluding hydrogens is 449 g/mol. The Bertz CT molecular complexity index is 963. The number of piperidine rings is 1. The van der Waals surface area contributed by atoms with Crippen molar-refractivity contribution in [1.29, 1.82) is 0 Å². The number of ether oxygens (including phenoxy) is 1. The van der Waals surface area contributed by atoms with Crippen LogP contribution in [0.1, 0.15) is 65.2 Å². The van der Waals surface area contributed by atoms with Gasteiger partial charge in [0.2, 0.25) is 21.8 Å². The van der Waals surface area contributed by atoms with E-state index in [-0.39, 0.29) is 28.5 Å². The fraction of sp³-hybridized carbons (Fsp3) is 0.652. The molecule has 1 aliphatic heterocycles. The number of imide groups is 1. The Hall–Kier alpha value is -2.04. The molecule has 2 aliphatic rings. The number of carbonyl (C=O) groups is 2. The molecule has 1 saturated carbocycles. The van der Waals surface area contributed by atoms with Crippen molar-refractivity contribution in [3.8, 4) is 5.75 Å². The maximum absolute atomic E-state index is 14.1. The summed E-state index contributed by atoms with van der Waals surface area (Å²) in [5, 5.41) is 5.45. The third kappa shape index (κ3) is 7.48. The number of sulfonamides is 1. The molecule has 2 amide bonds. The number of hydrogen-bond acceptors (Lipinski definition) is 6. The molecule has 3 rings (SSSR count). The highest BCUT2D eigenvalue weighted by molar-refractivity contribution is 7.89. The zero-order valence-electron chi connectivity index (χ0n) is 19.3. The number of rotatable bonds is 12. The van der Waals surface area contributed by atoms with E-state index < -0.39 is 21.4 Å². The first-order chi connectivity index (χ1) is 15.6. The summed E-state index contributed by atoms with van der Waals surface area (Å²) >= 11 is 0. The van der Waals surface area contributed by atoms with Gasteiger partial charge in [-0.1, -0.05) is 12.8 Å². The molecule has 0 bridgehead atoms. The van der Waals surface area contributed by atoms with Gasteiger partial charge in [0.1, 0.15) is 0 Å². The van der Waals surface area contributed by atoms with Crippen LogP contribution >= 0.6 is 0 Å². The Balaban J connectivity index is 1.46. The van der Waals surface area contributed by atoms with Crippen LogP contribution < -0.4 is 20.1 Å². The lowest BCUT2D eigenvalue weighted by Crippen LogP contribution is -2.50. The Morgan fingerprint density at radius 1 is 1.18 bits per heavy atom.